The van der Waals surface area contributed by atoms with Gasteiger partial charge in [-0.05, 0) is 0 Å². The molecule has 1 nitrogen and oxygen atoms in total. The summed E-state index contributed by atoms with van der Waals surface area (Å²) >= 11 is 3.09. The summed E-state index contributed by atoms with van der Waals surface area (Å²) in [6.45, 7) is 0. The topological polar surface area (TPSA) is 23.8 Å². The number of nitriles is 1. The van der Waals surface area contributed by atoms with Crippen LogP contribution >= 0.6 is 12.6 Å². The molecule has 0 aliphatic rings. The molecule has 0 radical (unpaired) electrons. The first-order valence-corrected chi connectivity index (χ1v) is 6.63. The van der Waals surface area contributed by atoms with Crippen molar-refractivity contribution in [2.75, 3.05) is 0 Å². The molecule has 3 aromatic rings. The Labute approximate surface area is 154 Å². The van der Waals surface area contributed by atoms with Crippen molar-refractivity contribution in [2.24, 2.45) is 0 Å². The minimum Gasteiger partial charge on any atom is -0.185 e. The minimum absolute atomic E-state index is 0. The molecule has 0 amide bonds. The zero-order valence-electron chi connectivity index (χ0n) is 11.9. The van der Waals surface area contributed by atoms with Gasteiger partial charge in [-0.2, -0.15) is 114 Å². The second kappa shape index (κ2) is 21.5. The monoisotopic (exact) mass is 487 g/mol. The van der Waals surface area contributed by atoms with Crippen LogP contribution in [0.1, 0.15) is 0 Å². The van der Waals surface area contributed by atoms with E-state index in [-0.39, 0.29) is 22.4 Å². The molecule has 3 heteroatoms. The number of rotatable bonds is 0. The molecule has 0 aliphatic heterocycles. The molecule has 0 aromatic heterocycles. The SMILES string of the molecule is N#CS.[Au+3].[c-]1ccccc1.[c-]1ccccc1.[c-]1ccccc1. The van der Waals surface area contributed by atoms with Crippen LogP contribution in [0.4, 0.5) is 0 Å². The molecule has 0 atom stereocenters. The second-order valence-corrected chi connectivity index (χ2v) is 3.53. The van der Waals surface area contributed by atoms with Crippen molar-refractivity contribution in [1.82, 2.24) is 0 Å². The van der Waals surface area contributed by atoms with Crippen LogP contribution in [0.15, 0.2) is 91.0 Å². The van der Waals surface area contributed by atoms with E-state index in [4.69, 9.17) is 5.26 Å². The normalized spacial score (nSPS) is 6.91. The summed E-state index contributed by atoms with van der Waals surface area (Å²) in [5, 5.41) is 8.63. The summed E-state index contributed by atoms with van der Waals surface area (Å²) in [6.07, 6.45) is 0. The Kier molecular flexibility index (Phi) is 22.0. The van der Waals surface area contributed by atoms with Gasteiger partial charge in [-0.25, -0.2) is 0 Å². The summed E-state index contributed by atoms with van der Waals surface area (Å²) < 4.78 is 0. The van der Waals surface area contributed by atoms with E-state index in [0.29, 0.717) is 0 Å². The average Bonchev–Trinajstić information content (AvgIpc) is 2.61. The summed E-state index contributed by atoms with van der Waals surface area (Å²) in [5.74, 6) is 0. The Morgan fingerprint density at radius 3 is 0.773 bits per heavy atom. The van der Waals surface area contributed by atoms with Crippen LogP contribution < -0.4 is 0 Å². The van der Waals surface area contributed by atoms with Gasteiger partial charge in [0.1, 0.15) is 5.40 Å². The van der Waals surface area contributed by atoms with E-state index < -0.39 is 0 Å². The van der Waals surface area contributed by atoms with Gasteiger partial charge >= 0.3 is 22.4 Å². The van der Waals surface area contributed by atoms with Gasteiger partial charge in [0.2, 0.25) is 0 Å². The van der Waals surface area contributed by atoms with E-state index in [1.54, 1.807) is 0 Å². The molecule has 0 saturated carbocycles. The van der Waals surface area contributed by atoms with Gasteiger partial charge in [0.05, 0.1) is 0 Å². The van der Waals surface area contributed by atoms with Crippen LogP contribution in [0.2, 0.25) is 0 Å². The Morgan fingerprint density at radius 1 is 0.545 bits per heavy atom. The van der Waals surface area contributed by atoms with Crippen molar-refractivity contribution in [1.29, 1.82) is 5.26 Å². The fourth-order valence-corrected chi connectivity index (χ4v) is 1.03. The summed E-state index contributed by atoms with van der Waals surface area (Å²) in [4.78, 5) is 0. The Bertz CT molecular complexity index is 384. The predicted octanol–water partition coefficient (Wildman–Crippen LogP) is 4.86. The second-order valence-electron chi connectivity index (χ2n) is 3.33. The van der Waals surface area contributed by atoms with Crippen LogP contribution in [0, 0.1) is 28.9 Å². The molecule has 114 valence electrons. The average molecular weight is 487 g/mol. The van der Waals surface area contributed by atoms with Crippen molar-refractivity contribution in [3.63, 3.8) is 0 Å². The zero-order valence-corrected chi connectivity index (χ0v) is 14.9. The molecular weight excluding hydrogens is 471 g/mol. The fourth-order valence-electron chi connectivity index (χ4n) is 1.03. The molecule has 0 aliphatic carbocycles. The van der Waals surface area contributed by atoms with E-state index in [9.17, 15) is 0 Å². The molecule has 0 bridgehead atoms. The Balaban J connectivity index is 0. The molecule has 0 N–H and O–H groups in total. The van der Waals surface area contributed by atoms with Gasteiger partial charge in [0, 0.05) is 0 Å². The van der Waals surface area contributed by atoms with Gasteiger partial charge in [-0.3, -0.25) is 0 Å². The molecule has 22 heavy (non-hydrogen) atoms. The maximum absolute atomic E-state index is 7.18. The summed E-state index contributed by atoms with van der Waals surface area (Å²) in [5.41, 5.74) is 0. The van der Waals surface area contributed by atoms with E-state index >= 15 is 0 Å². The first-order chi connectivity index (χ1) is 10.4. The van der Waals surface area contributed by atoms with Gasteiger partial charge < -0.3 is 0 Å². The van der Waals surface area contributed by atoms with Crippen molar-refractivity contribution < 1.29 is 22.4 Å². The number of thiol groups is 1. The summed E-state index contributed by atoms with van der Waals surface area (Å²) in [6, 6.07) is 37.5. The number of thiocyanates is 1. The van der Waals surface area contributed by atoms with Gasteiger partial charge in [-0.15, -0.1) is 0 Å². The zero-order chi connectivity index (χ0) is 15.4. The molecule has 0 fully saturated rings. The van der Waals surface area contributed by atoms with Crippen LogP contribution in [-0.4, -0.2) is 0 Å². The van der Waals surface area contributed by atoms with Crippen LogP contribution in [0.5, 0.6) is 0 Å². The molecule has 0 saturated heterocycles. The first kappa shape index (κ1) is 22.5. The van der Waals surface area contributed by atoms with Crippen molar-refractivity contribution in [3.8, 4) is 5.40 Å². The Hall–Kier alpha value is -1.76. The third-order valence-electron chi connectivity index (χ3n) is 1.82. The van der Waals surface area contributed by atoms with Crippen LogP contribution in [-0.2, 0) is 22.4 Å². The minimum atomic E-state index is 0. The molecule has 0 heterocycles. The van der Waals surface area contributed by atoms with E-state index in [0.717, 1.165) is 0 Å². The number of hydrogen-bond acceptors (Lipinski definition) is 2. The van der Waals surface area contributed by atoms with E-state index in [1.165, 1.54) is 5.40 Å². The fraction of sp³-hybridized carbons (Fsp3) is 0. The number of benzene rings is 3. The van der Waals surface area contributed by atoms with Gasteiger partial charge in [0.15, 0.2) is 0 Å². The van der Waals surface area contributed by atoms with E-state index in [2.05, 4.69) is 30.8 Å². The van der Waals surface area contributed by atoms with Crippen molar-refractivity contribution in [2.45, 2.75) is 0 Å². The Morgan fingerprint density at radius 2 is 0.727 bits per heavy atom. The maximum atomic E-state index is 7.18. The predicted molar refractivity (Wildman–Crippen MR) is 90.4 cm³/mol. The molecule has 0 unspecified atom stereocenters. The third-order valence-corrected chi connectivity index (χ3v) is 1.82. The molecule has 0 spiro atoms. The third kappa shape index (κ3) is 20.6. The largest absolute Gasteiger partial charge is 3.00 e. The maximum Gasteiger partial charge on any atom is 3.00 e. The van der Waals surface area contributed by atoms with Crippen molar-refractivity contribution >= 4 is 12.6 Å². The standard InChI is InChI=1S/3C6H5.CHNS.Au/c3*1-2-4-6-5-3-1;2-1-3;/h3*1-5H;3H;/q3*-1;;+3. The van der Waals surface area contributed by atoms with Gasteiger partial charge in [-0.1, -0.05) is 12.6 Å². The summed E-state index contributed by atoms with van der Waals surface area (Å²) in [7, 11) is 0. The molecular formula is C19H16AuNS. The number of nitrogens with zero attached hydrogens (tertiary/aromatic N) is 1. The number of hydrogen-bond donors (Lipinski definition) is 1. The molecule has 3 aromatic carbocycles. The molecule has 3 rings (SSSR count). The first-order valence-electron chi connectivity index (χ1n) is 6.18. The van der Waals surface area contributed by atoms with Crippen molar-refractivity contribution in [3.05, 3.63) is 109 Å². The quantitative estimate of drug-likeness (QED) is 0.208. The van der Waals surface area contributed by atoms with E-state index in [1.807, 2.05) is 91.0 Å². The van der Waals surface area contributed by atoms with Gasteiger partial charge in [0.25, 0.3) is 0 Å². The van der Waals surface area contributed by atoms with Crippen LogP contribution in [0.25, 0.3) is 0 Å². The van der Waals surface area contributed by atoms with Crippen LogP contribution in [0.3, 0.4) is 0 Å². The smallest absolute Gasteiger partial charge is 0.185 e.